The van der Waals surface area contributed by atoms with Crippen molar-refractivity contribution in [2.24, 2.45) is 0 Å². The Morgan fingerprint density at radius 2 is 1.75 bits per heavy atom. The minimum Gasteiger partial charge on any atom is -0.284 e. The fourth-order valence-corrected chi connectivity index (χ4v) is 2.01. The Hall–Kier alpha value is -1.03. The molecule has 90 valence electrons. The number of aryl methyl sites for hydroxylation is 1. The number of benzene rings is 1. The van der Waals surface area contributed by atoms with Gasteiger partial charge in [-0.05, 0) is 37.5 Å². The maximum atomic E-state index is 11.3. The van der Waals surface area contributed by atoms with Crippen molar-refractivity contribution in [2.75, 3.05) is 10.5 Å². The van der Waals surface area contributed by atoms with E-state index in [1.54, 1.807) is 6.92 Å². The van der Waals surface area contributed by atoms with Crippen molar-refractivity contribution in [1.82, 2.24) is 0 Å². The van der Waals surface area contributed by atoms with Crippen molar-refractivity contribution in [3.63, 3.8) is 0 Å². The third-order valence-corrected chi connectivity index (χ3v) is 3.73. The van der Waals surface area contributed by atoms with Crippen LogP contribution in [0.5, 0.6) is 0 Å². The summed E-state index contributed by atoms with van der Waals surface area (Å²) in [5, 5.41) is 0. The Labute approximate surface area is 97.9 Å². The first-order valence-electron chi connectivity index (χ1n) is 5.67. The fraction of sp³-hybridized carbons (Fsp3) is 0.500. The van der Waals surface area contributed by atoms with Gasteiger partial charge in [-0.15, -0.1) is 0 Å². The topological polar surface area (TPSA) is 46.2 Å². The van der Waals surface area contributed by atoms with E-state index in [2.05, 4.69) is 11.6 Å². The molecule has 0 amide bonds. The summed E-state index contributed by atoms with van der Waals surface area (Å²) < 4.78 is 25.2. The Morgan fingerprint density at radius 3 is 2.25 bits per heavy atom. The average molecular weight is 241 g/mol. The van der Waals surface area contributed by atoms with Crippen LogP contribution in [-0.4, -0.2) is 14.2 Å². The van der Waals surface area contributed by atoms with Gasteiger partial charge in [-0.2, -0.15) is 0 Å². The van der Waals surface area contributed by atoms with Gasteiger partial charge in [0, 0.05) is 5.69 Å². The number of rotatable bonds is 6. The first-order chi connectivity index (χ1) is 7.57. The van der Waals surface area contributed by atoms with Gasteiger partial charge in [-0.25, -0.2) is 8.42 Å². The van der Waals surface area contributed by atoms with Gasteiger partial charge >= 0.3 is 0 Å². The summed E-state index contributed by atoms with van der Waals surface area (Å²) >= 11 is 0. The van der Waals surface area contributed by atoms with Crippen LogP contribution in [0.3, 0.4) is 0 Å². The van der Waals surface area contributed by atoms with Crippen molar-refractivity contribution in [2.45, 2.75) is 33.1 Å². The number of sulfonamides is 1. The summed E-state index contributed by atoms with van der Waals surface area (Å²) in [6.07, 6.45) is 3.39. The molecule has 0 aliphatic heterocycles. The highest BCUT2D eigenvalue weighted by atomic mass is 32.2. The van der Waals surface area contributed by atoms with Crippen molar-refractivity contribution in [3.8, 4) is 0 Å². The van der Waals surface area contributed by atoms with Crippen molar-refractivity contribution < 1.29 is 8.42 Å². The highest BCUT2D eigenvalue weighted by Gasteiger charge is 2.05. The molecule has 0 radical (unpaired) electrons. The van der Waals surface area contributed by atoms with E-state index in [1.807, 2.05) is 24.3 Å². The lowest BCUT2D eigenvalue weighted by atomic mass is 10.1. The molecule has 0 spiro atoms. The lowest BCUT2D eigenvalue weighted by Gasteiger charge is -2.06. The summed E-state index contributed by atoms with van der Waals surface area (Å²) in [6.45, 7) is 3.78. The molecule has 4 heteroatoms. The van der Waals surface area contributed by atoms with E-state index in [0.29, 0.717) is 5.69 Å². The van der Waals surface area contributed by atoms with Crippen LogP contribution in [0.15, 0.2) is 24.3 Å². The van der Waals surface area contributed by atoms with Crippen LogP contribution in [0.4, 0.5) is 5.69 Å². The highest BCUT2D eigenvalue weighted by molar-refractivity contribution is 7.92. The average Bonchev–Trinajstić information content (AvgIpc) is 2.28. The summed E-state index contributed by atoms with van der Waals surface area (Å²) in [5.74, 6) is 0.102. The second kappa shape index (κ2) is 5.89. The van der Waals surface area contributed by atoms with E-state index in [9.17, 15) is 8.42 Å². The molecule has 1 N–H and O–H groups in total. The minimum atomic E-state index is -3.15. The molecule has 0 fully saturated rings. The molecular formula is C12H19NO2S. The first-order valence-corrected chi connectivity index (χ1v) is 7.32. The zero-order chi connectivity index (χ0) is 12.0. The number of unbranched alkanes of at least 4 members (excludes halogenated alkanes) is 1. The van der Waals surface area contributed by atoms with Crippen molar-refractivity contribution in [3.05, 3.63) is 29.8 Å². The van der Waals surface area contributed by atoms with Crippen LogP contribution in [-0.2, 0) is 16.4 Å². The molecule has 0 aromatic heterocycles. The molecule has 1 aromatic rings. The van der Waals surface area contributed by atoms with Crippen LogP contribution in [0.1, 0.15) is 32.3 Å². The van der Waals surface area contributed by atoms with E-state index in [1.165, 1.54) is 18.4 Å². The molecule has 0 heterocycles. The Balaban J connectivity index is 2.65. The van der Waals surface area contributed by atoms with E-state index in [4.69, 9.17) is 0 Å². The van der Waals surface area contributed by atoms with Gasteiger partial charge in [0.15, 0.2) is 0 Å². The highest BCUT2D eigenvalue weighted by Crippen LogP contribution is 2.13. The zero-order valence-corrected chi connectivity index (χ0v) is 10.7. The predicted octanol–water partition coefficient (Wildman–Crippen LogP) is 2.79. The van der Waals surface area contributed by atoms with Gasteiger partial charge < -0.3 is 0 Å². The third-order valence-electron chi connectivity index (χ3n) is 2.43. The maximum absolute atomic E-state index is 11.3. The van der Waals surface area contributed by atoms with Crippen LogP contribution < -0.4 is 4.72 Å². The van der Waals surface area contributed by atoms with Crippen LogP contribution in [0.25, 0.3) is 0 Å². The Morgan fingerprint density at radius 1 is 1.12 bits per heavy atom. The molecule has 0 saturated carbocycles. The van der Waals surface area contributed by atoms with Gasteiger partial charge in [0.2, 0.25) is 10.0 Å². The van der Waals surface area contributed by atoms with E-state index in [0.717, 1.165) is 6.42 Å². The number of anilines is 1. The van der Waals surface area contributed by atoms with Gasteiger partial charge in [-0.3, -0.25) is 4.72 Å². The summed E-state index contributed by atoms with van der Waals surface area (Å²) in [4.78, 5) is 0. The lowest BCUT2D eigenvalue weighted by Crippen LogP contribution is -2.14. The molecule has 1 rings (SSSR count). The lowest BCUT2D eigenvalue weighted by molar-refractivity contribution is 0.602. The molecule has 16 heavy (non-hydrogen) atoms. The molecule has 0 atom stereocenters. The van der Waals surface area contributed by atoms with E-state index in [-0.39, 0.29) is 5.75 Å². The van der Waals surface area contributed by atoms with E-state index >= 15 is 0 Å². The molecule has 1 aromatic carbocycles. The molecule has 0 saturated heterocycles. The molecule has 0 unspecified atom stereocenters. The number of hydrogen-bond acceptors (Lipinski definition) is 2. The van der Waals surface area contributed by atoms with Crippen molar-refractivity contribution >= 4 is 15.7 Å². The van der Waals surface area contributed by atoms with E-state index < -0.39 is 10.0 Å². The van der Waals surface area contributed by atoms with Crippen LogP contribution in [0.2, 0.25) is 0 Å². The Kier molecular flexibility index (Phi) is 4.80. The molecule has 3 nitrogen and oxygen atoms in total. The van der Waals surface area contributed by atoms with Gasteiger partial charge in [0.05, 0.1) is 5.75 Å². The summed E-state index contributed by atoms with van der Waals surface area (Å²) in [5.41, 5.74) is 1.89. The first kappa shape index (κ1) is 13.0. The van der Waals surface area contributed by atoms with Crippen LogP contribution >= 0.6 is 0 Å². The molecule has 0 aliphatic rings. The van der Waals surface area contributed by atoms with Crippen molar-refractivity contribution in [1.29, 1.82) is 0 Å². The molecule has 0 bridgehead atoms. The third kappa shape index (κ3) is 4.23. The largest absolute Gasteiger partial charge is 0.284 e. The number of nitrogens with one attached hydrogen (secondary N) is 1. The second-order valence-electron chi connectivity index (χ2n) is 3.81. The summed E-state index contributed by atoms with van der Waals surface area (Å²) in [6, 6.07) is 7.59. The second-order valence-corrected chi connectivity index (χ2v) is 5.82. The number of hydrogen-bond donors (Lipinski definition) is 1. The van der Waals surface area contributed by atoms with Crippen LogP contribution in [0, 0.1) is 0 Å². The zero-order valence-electron chi connectivity index (χ0n) is 9.86. The molecular weight excluding hydrogens is 222 g/mol. The standard InChI is InChI=1S/C12H19NO2S/c1-3-5-6-11-7-9-12(10-8-11)13-16(14,15)4-2/h7-10,13H,3-6H2,1-2H3. The molecule has 0 aliphatic carbocycles. The SMILES string of the molecule is CCCCc1ccc(NS(=O)(=O)CC)cc1. The Bertz CT molecular complexity index is 409. The fourth-order valence-electron chi connectivity index (χ4n) is 1.37. The predicted molar refractivity (Wildman–Crippen MR) is 68.1 cm³/mol. The smallest absolute Gasteiger partial charge is 0.232 e. The van der Waals surface area contributed by atoms with Gasteiger partial charge in [0.25, 0.3) is 0 Å². The monoisotopic (exact) mass is 241 g/mol. The van der Waals surface area contributed by atoms with Gasteiger partial charge in [0.1, 0.15) is 0 Å². The normalized spacial score (nSPS) is 11.4. The van der Waals surface area contributed by atoms with Gasteiger partial charge in [-0.1, -0.05) is 25.5 Å². The quantitative estimate of drug-likeness (QED) is 0.832. The maximum Gasteiger partial charge on any atom is 0.232 e. The summed E-state index contributed by atoms with van der Waals surface area (Å²) in [7, 11) is -3.15. The minimum absolute atomic E-state index is 0.102.